The maximum atomic E-state index is 14.1. The highest BCUT2D eigenvalue weighted by atomic mass is 35.5. The second-order valence-corrected chi connectivity index (χ2v) is 4.83. The van der Waals surface area contributed by atoms with Gasteiger partial charge in [0, 0.05) is 6.20 Å². The van der Waals surface area contributed by atoms with Crippen molar-refractivity contribution in [3.05, 3.63) is 12.3 Å². The lowest BCUT2D eigenvalue weighted by atomic mass is 9.97. The van der Waals surface area contributed by atoms with E-state index in [0.717, 1.165) is 6.20 Å². The number of aliphatic hydroxyl groups is 3. The van der Waals surface area contributed by atoms with Crippen molar-refractivity contribution >= 4 is 17.4 Å². The Morgan fingerprint density at radius 2 is 2.15 bits per heavy atom. The Balaban J connectivity index is 2.32. The number of alkyl halides is 3. The fourth-order valence-electron chi connectivity index (χ4n) is 2.06. The molecule has 1 saturated heterocycles. The lowest BCUT2D eigenvalue weighted by molar-refractivity contribution is -0.191. The maximum absolute atomic E-state index is 14.1. The van der Waals surface area contributed by atoms with Gasteiger partial charge in [0.25, 0.3) is 0 Å². The molecule has 0 aromatic rings. The first-order valence-electron chi connectivity index (χ1n) is 5.66. The van der Waals surface area contributed by atoms with Crippen molar-refractivity contribution < 1.29 is 28.8 Å². The molecule has 0 spiro atoms. The number of rotatable bonds is 3. The van der Waals surface area contributed by atoms with Crippen molar-refractivity contribution in [3.63, 3.8) is 0 Å². The number of nitrogens with zero attached hydrogens (tertiary/aromatic N) is 2. The van der Waals surface area contributed by atoms with Gasteiger partial charge in [-0.25, -0.2) is 4.99 Å². The summed E-state index contributed by atoms with van der Waals surface area (Å²) in [5.74, 6) is -4.36. The molecule has 4 atom stereocenters. The molecule has 114 valence electrons. The molecule has 2 heterocycles. The van der Waals surface area contributed by atoms with E-state index in [1.807, 2.05) is 0 Å². The van der Waals surface area contributed by atoms with Gasteiger partial charge in [-0.3, -0.25) is 0 Å². The molecular weight excluding hydrogens is 300 g/mol. The van der Waals surface area contributed by atoms with E-state index in [-0.39, 0.29) is 5.84 Å². The number of nitrogens with two attached hydrogens (primary N) is 1. The average Bonchev–Trinajstić information content (AvgIpc) is 2.60. The number of halogens is 3. The van der Waals surface area contributed by atoms with E-state index in [0.29, 0.717) is 4.90 Å². The number of aliphatic hydroxyl groups excluding tert-OH is 3. The smallest absolute Gasteiger partial charge is 0.320 e. The first-order chi connectivity index (χ1) is 9.28. The van der Waals surface area contributed by atoms with Crippen molar-refractivity contribution in [2.24, 2.45) is 10.7 Å². The number of amidine groups is 1. The van der Waals surface area contributed by atoms with Crippen LogP contribution in [0.25, 0.3) is 0 Å². The van der Waals surface area contributed by atoms with E-state index in [2.05, 4.69) is 4.99 Å². The highest BCUT2D eigenvalue weighted by molar-refractivity contribution is 6.18. The van der Waals surface area contributed by atoms with E-state index in [9.17, 15) is 24.1 Å². The molecule has 5 N–H and O–H groups in total. The minimum Gasteiger partial charge on any atom is -0.393 e. The van der Waals surface area contributed by atoms with Crippen LogP contribution in [0.5, 0.6) is 0 Å². The molecule has 0 amide bonds. The second kappa shape index (κ2) is 5.08. The topological polar surface area (TPSA) is 112 Å². The van der Waals surface area contributed by atoms with E-state index >= 15 is 0 Å². The van der Waals surface area contributed by atoms with Crippen LogP contribution in [0.1, 0.15) is 0 Å². The van der Waals surface area contributed by atoms with Crippen molar-refractivity contribution in [2.75, 3.05) is 12.5 Å². The summed E-state index contributed by atoms with van der Waals surface area (Å²) in [5, 5.41) is 28.5. The highest BCUT2D eigenvalue weighted by Gasteiger charge is 2.67. The van der Waals surface area contributed by atoms with Crippen molar-refractivity contribution in [1.29, 1.82) is 0 Å². The molecule has 1 unspecified atom stereocenters. The summed E-state index contributed by atoms with van der Waals surface area (Å²) >= 11 is 5.53. The first kappa shape index (κ1) is 15.4. The molecule has 0 aromatic heterocycles. The average molecular weight is 314 g/mol. The first-order valence-corrected chi connectivity index (χ1v) is 6.19. The van der Waals surface area contributed by atoms with Gasteiger partial charge in [-0.15, -0.1) is 11.6 Å². The molecule has 2 rings (SSSR count). The molecular formula is C10H14ClF2N3O4. The van der Waals surface area contributed by atoms with Gasteiger partial charge in [0.05, 0.1) is 12.5 Å². The molecule has 10 heteroatoms. The van der Waals surface area contributed by atoms with Crippen LogP contribution in [0, 0.1) is 0 Å². The van der Waals surface area contributed by atoms with Gasteiger partial charge in [-0.05, 0) is 6.08 Å². The molecule has 2 aliphatic heterocycles. The van der Waals surface area contributed by atoms with Gasteiger partial charge in [0.1, 0.15) is 11.4 Å². The second-order valence-electron chi connectivity index (χ2n) is 4.57. The number of hydrogen-bond donors (Lipinski definition) is 4. The molecule has 0 bridgehead atoms. The molecule has 0 aliphatic carbocycles. The summed E-state index contributed by atoms with van der Waals surface area (Å²) in [7, 11) is 0. The maximum Gasteiger partial charge on any atom is 0.320 e. The summed E-state index contributed by atoms with van der Waals surface area (Å²) in [5.41, 5.74) is 3.31. The van der Waals surface area contributed by atoms with Gasteiger partial charge in [0.2, 0.25) is 12.6 Å². The summed E-state index contributed by atoms with van der Waals surface area (Å²) in [4.78, 5) is 4.18. The Hall–Kier alpha value is -1.00. The third-order valence-electron chi connectivity index (χ3n) is 3.25. The zero-order chi connectivity index (χ0) is 15.1. The third kappa shape index (κ3) is 2.15. The van der Waals surface area contributed by atoms with E-state index in [1.165, 1.54) is 6.08 Å². The monoisotopic (exact) mass is 313 g/mol. The van der Waals surface area contributed by atoms with Gasteiger partial charge in [-0.2, -0.15) is 8.78 Å². The Kier molecular flexibility index (Phi) is 3.91. The van der Waals surface area contributed by atoms with Crippen molar-refractivity contribution in [2.45, 2.75) is 30.2 Å². The third-order valence-corrected chi connectivity index (χ3v) is 3.70. The van der Waals surface area contributed by atoms with Gasteiger partial charge >= 0.3 is 5.92 Å². The summed E-state index contributed by atoms with van der Waals surface area (Å²) < 4.78 is 33.3. The highest BCUT2D eigenvalue weighted by Crippen LogP contribution is 2.45. The van der Waals surface area contributed by atoms with Gasteiger partial charge < -0.3 is 30.7 Å². The Morgan fingerprint density at radius 3 is 2.60 bits per heavy atom. The van der Waals surface area contributed by atoms with Gasteiger partial charge in [0.15, 0.2) is 6.10 Å². The summed E-state index contributed by atoms with van der Waals surface area (Å²) in [6.45, 7) is -0.900. The van der Waals surface area contributed by atoms with Crippen LogP contribution in [-0.2, 0) is 4.74 Å². The quantitative estimate of drug-likeness (QED) is 0.486. The molecule has 20 heavy (non-hydrogen) atoms. The largest absolute Gasteiger partial charge is 0.393 e. The standard InChI is InChI=1S/C10H14ClF2N3O4/c11-3-9(4-17)6(18)10(12,13)7(20-9)16-2-1-5(14)15-8(16)19/h1-2,6-8,17-19H,3-4H2,(H2,14,15)/t6-,7-,8?,9-/m1/s1. The van der Waals surface area contributed by atoms with Crippen LogP contribution in [0.3, 0.4) is 0 Å². The van der Waals surface area contributed by atoms with Gasteiger partial charge in [-0.1, -0.05) is 0 Å². The number of ether oxygens (including phenoxy) is 1. The van der Waals surface area contributed by atoms with E-state index < -0.39 is 42.7 Å². The van der Waals surface area contributed by atoms with Crippen LogP contribution >= 0.6 is 11.6 Å². The lowest BCUT2D eigenvalue weighted by Crippen LogP contribution is -2.52. The minimum absolute atomic E-state index is 0.0404. The Bertz CT molecular complexity index is 444. The van der Waals surface area contributed by atoms with E-state index in [4.69, 9.17) is 22.1 Å². The summed E-state index contributed by atoms with van der Waals surface area (Å²) in [6.07, 6.45) is -3.79. The molecule has 0 aromatic carbocycles. The van der Waals surface area contributed by atoms with Crippen LogP contribution in [-0.4, -0.2) is 68.7 Å². The minimum atomic E-state index is -3.77. The zero-order valence-corrected chi connectivity index (χ0v) is 10.9. The van der Waals surface area contributed by atoms with Crippen LogP contribution in [0.15, 0.2) is 17.3 Å². The molecule has 2 aliphatic rings. The predicted molar refractivity (Wildman–Crippen MR) is 65.0 cm³/mol. The SMILES string of the molecule is NC1=NC(O)N([C@@H]2O[C@@](CO)(CCl)[C@@H](O)C2(F)F)C=C1. The number of aliphatic imine (C=N–C) groups is 1. The zero-order valence-electron chi connectivity index (χ0n) is 10.2. The summed E-state index contributed by atoms with van der Waals surface area (Å²) in [6, 6.07) is 0. The fraction of sp³-hybridized carbons (Fsp3) is 0.700. The Morgan fingerprint density at radius 1 is 1.50 bits per heavy atom. The van der Waals surface area contributed by atoms with Crippen LogP contribution < -0.4 is 5.73 Å². The predicted octanol–water partition coefficient (Wildman–Crippen LogP) is -1.23. The van der Waals surface area contributed by atoms with Crippen LogP contribution in [0.4, 0.5) is 8.78 Å². The molecule has 1 fully saturated rings. The van der Waals surface area contributed by atoms with Crippen molar-refractivity contribution in [1.82, 2.24) is 4.90 Å². The Labute approximate surface area is 117 Å². The molecule has 7 nitrogen and oxygen atoms in total. The van der Waals surface area contributed by atoms with E-state index in [1.54, 1.807) is 0 Å². The number of hydrogen-bond acceptors (Lipinski definition) is 7. The fourth-order valence-corrected chi connectivity index (χ4v) is 2.36. The molecule has 0 radical (unpaired) electrons. The molecule has 0 saturated carbocycles. The lowest BCUT2D eigenvalue weighted by Gasteiger charge is -2.34. The van der Waals surface area contributed by atoms with Crippen LogP contribution in [0.2, 0.25) is 0 Å². The van der Waals surface area contributed by atoms with Crippen molar-refractivity contribution in [3.8, 4) is 0 Å². The normalized spacial score (nSPS) is 40.0.